The Morgan fingerprint density at radius 1 is 1.04 bits per heavy atom. The SMILES string of the molecule is O=C(N[C@@H]1CCCCc2ccccc21)c1n[nH]c(=O)c2ccccc12. The molecule has 25 heavy (non-hydrogen) atoms. The van der Waals surface area contributed by atoms with Crippen molar-refractivity contribution in [1.82, 2.24) is 15.5 Å². The molecule has 5 heteroatoms. The molecule has 0 bridgehead atoms. The van der Waals surface area contributed by atoms with Crippen LogP contribution in [-0.4, -0.2) is 16.1 Å². The van der Waals surface area contributed by atoms with Gasteiger partial charge in [0.15, 0.2) is 5.69 Å². The number of hydrogen-bond acceptors (Lipinski definition) is 3. The van der Waals surface area contributed by atoms with Gasteiger partial charge < -0.3 is 5.32 Å². The van der Waals surface area contributed by atoms with Crippen molar-refractivity contribution in [3.63, 3.8) is 0 Å². The summed E-state index contributed by atoms with van der Waals surface area (Å²) >= 11 is 0. The van der Waals surface area contributed by atoms with Crippen LogP contribution in [0.2, 0.25) is 0 Å². The molecule has 5 nitrogen and oxygen atoms in total. The van der Waals surface area contributed by atoms with Crippen LogP contribution in [0.5, 0.6) is 0 Å². The molecule has 0 saturated heterocycles. The molecule has 126 valence electrons. The van der Waals surface area contributed by atoms with E-state index in [0.29, 0.717) is 10.8 Å². The largest absolute Gasteiger partial charge is 0.344 e. The molecule has 2 aromatic carbocycles. The van der Waals surface area contributed by atoms with Crippen LogP contribution in [0.3, 0.4) is 0 Å². The van der Waals surface area contributed by atoms with Gasteiger partial charge in [-0.25, -0.2) is 5.10 Å². The van der Waals surface area contributed by atoms with E-state index in [2.05, 4.69) is 27.6 Å². The van der Waals surface area contributed by atoms with Crippen molar-refractivity contribution in [3.8, 4) is 0 Å². The van der Waals surface area contributed by atoms with Crippen LogP contribution < -0.4 is 10.9 Å². The van der Waals surface area contributed by atoms with Gasteiger partial charge in [-0.1, -0.05) is 48.9 Å². The first-order valence-corrected chi connectivity index (χ1v) is 8.60. The molecule has 2 N–H and O–H groups in total. The third-order valence-electron chi connectivity index (χ3n) is 4.84. The highest BCUT2D eigenvalue weighted by Crippen LogP contribution is 2.29. The summed E-state index contributed by atoms with van der Waals surface area (Å²) in [4.78, 5) is 24.8. The van der Waals surface area contributed by atoms with Crippen molar-refractivity contribution in [3.05, 3.63) is 75.7 Å². The lowest BCUT2D eigenvalue weighted by atomic mass is 9.99. The lowest BCUT2D eigenvalue weighted by Crippen LogP contribution is -2.30. The van der Waals surface area contributed by atoms with E-state index >= 15 is 0 Å². The number of rotatable bonds is 2. The fraction of sp³-hybridized carbons (Fsp3) is 0.250. The molecule has 1 heterocycles. The predicted molar refractivity (Wildman–Crippen MR) is 96.6 cm³/mol. The Hall–Kier alpha value is -2.95. The van der Waals surface area contributed by atoms with Crippen molar-refractivity contribution >= 4 is 16.7 Å². The molecule has 0 unspecified atom stereocenters. The molecule has 0 radical (unpaired) electrons. The normalized spacial score (nSPS) is 16.9. The Balaban J connectivity index is 1.70. The number of aryl methyl sites for hydroxylation is 1. The molecular formula is C20H19N3O2. The standard InChI is InChI=1S/C20H19N3O2/c24-19-16-11-5-4-10-15(16)18(22-23-19)20(25)21-17-12-6-2-8-13-7-1-3-9-14(13)17/h1,3-5,7,9-11,17H,2,6,8,12H2,(H,21,25)(H,23,24)/t17-/m1/s1. The number of aromatic amines is 1. The first-order chi connectivity index (χ1) is 12.2. The van der Waals surface area contributed by atoms with E-state index in [9.17, 15) is 9.59 Å². The van der Waals surface area contributed by atoms with Crippen molar-refractivity contribution in [2.45, 2.75) is 31.7 Å². The molecule has 0 saturated carbocycles. The molecule has 4 rings (SSSR count). The summed E-state index contributed by atoms with van der Waals surface area (Å²) in [6.07, 6.45) is 4.15. The summed E-state index contributed by atoms with van der Waals surface area (Å²) < 4.78 is 0. The van der Waals surface area contributed by atoms with Crippen molar-refractivity contribution < 1.29 is 4.79 Å². The minimum absolute atomic E-state index is 0.0290. The van der Waals surface area contributed by atoms with Crippen LogP contribution in [0.4, 0.5) is 0 Å². The molecule has 1 aromatic heterocycles. The van der Waals surface area contributed by atoms with Crippen LogP contribution in [0.25, 0.3) is 10.8 Å². The monoisotopic (exact) mass is 333 g/mol. The van der Waals surface area contributed by atoms with Gasteiger partial charge in [0.1, 0.15) is 0 Å². The Morgan fingerprint density at radius 2 is 1.80 bits per heavy atom. The second-order valence-corrected chi connectivity index (χ2v) is 6.42. The molecule has 0 aliphatic heterocycles. The predicted octanol–water partition coefficient (Wildman–Crippen LogP) is 3.12. The van der Waals surface area contributed by atoms with Crippen molar-refractivity contribution in [2.24, 2.45) is 0 Å². The molecule has 1 aliphatic carbocycles. The van der Waals surface area contributed by atoms with Gasteiger partial charge in [-0.2, -0.15) is 5.10 Å². The Kier molecular flexibility index (Phi) is 4.06. The number of nitrogens with one attached hydrogen (secondary N) is 2. The summed E-state index contributed by atoms with van der Waals surface area (Å²) in [5, 5.41) is 10.6. The topological polar surface area (TPSA) is 74.8 Å². The zero-order chi connectivity index (χ0) is 17.2. The van der Waals surface area contributed by atoms with Crippen LogP contribution >= 0.6 is 0 Å². The maximum atomic E-state index is 12.9. The number of H-pyrrole nitrogens is 1. The van der Waals surface area contributed by atoms with Gasteiger partial charge >= 0.3 is 0 Å². The van der Waals surface area contributed by atoms with Gasteiger partial charge in [0, 0.05) is 5.39 Å². The van der Waals surface area contributed by atoms with E-state index in [1.165, 1.54) is 11.1 Å². The summed E-state index contributed by atoms with van der Waals surface area (Å²) in [6.45, 7) is 0. The average molecular weight is 333 g/mol. The summed E-state index contributed by atoms with van der Waals surface area (Å²) in [5.74, 6) is -0.255. The third-order valence-corrected chi connectivity index (χ3v) is 4.84. The lowest BCUT2D eigenvalue weighted by molar-refractivity contribution is 0.0930. The second kappa shape index (κ2) is 6.51. The van der Waals surface area contributed by atoms with Gasteiger partial charge in [-0.05, 0) is 36.5 Å². The number of benzene rings is 2. The molecule has 0 fully saturated rings. The number of fused-ring (bicyclic) bond motifs is 2. The van der Waals surface area contributed by atoms with Gasteiger partial charge in [-0.15, -0.1) is 0 Å². The molecule has 3 aromatic rings. The molecule has 0 spiro atoms. The molecule has 1 atom stereocenters. The highest BCUT2D eigenvalue weighted by molar-refractivity contribution is 6.04. The van der Waals surface area contributed by atoms with Gasteiger partial charge in [-0.3, -0.25) is 9.59 Å². The minimum atomic E-state index is -0.285. The summed E-state index contributed by atoms with van der Waals surface area (Å²) in [7, 11) is 0. The van der Waals surface area contributed by atoms with E-state index in [-0.39, 0.29) is 23.2 Å². The first kappa shape index (κ1) is 15.6. The number of carbonyl (C=O) groups excluding carboxylic acids is 1. The average Bonchev–Trinajstić information content (AvgIpc) is 2.85. The zero-order valence-corrected chi connectivity index (χ0v) is 13.8. The maximum absolute atomic E-state index is 12.9. The van der Waals surface area contributed by atoms with E-state index in [1.54, 1.807) is 24.3 Å². The van der Waals surface area contributed by atoms with Crippen LogP contribution in [0, 0.1) is 0 Å². The number of hydrogen-bond donors (Lipinski definition) is 2. The highest BCUT2D eigenvalue weighted by atomic mass is 16.2. The quantitative estimate of drug-likeness (QED) is 0.708. The molecular weight excluding hydrogens is 314 g/mol. The first-order valence-electron chi connectivity index (χ1n) is 8.60. The smallest absolute Gasteiger partial charge is 0.272 e. The van der Waals surface area contributed by atoms with Crippen LogP contribution in [0.15, 0.2) is 53.3 Å². The Morgan fingerprint density at radius 3 is 2.68 bits per heavy atom. The third kappa shape index (κ3) is 2.93. The Bertz CT molecular complexity index is 993. The van der Waals surface area contributed by atoms with Gasteiger partial charge in [0.25, 0.3) is 11.5 Å². The van der Waals surface area contributed by atoms with Crippen molar-refractivity contribution in [1.29, 1.82) is 0 Å². The lowest BCUT2D eigenvalue weighted by Gasteiger charge is -2.19. The van der Waals surface area contributed by atoms with E-state index in [0.717, 1.165) is 25.7 Å². The zero-order valence-electron chi connectivity index (χ0n) is 13.8. The Labute approximate surface area is 145 Å². The van der Waals surface area contributed by atoms with E-state index < -0.39 is 0 Å². The number of nitrogens with zero attached hydrogens (tertiary/aromatic N) is 1. The summed E-state index contributed by atoms with van der Waals surface area (Å²) in [5.41, 5.74) is 2.45. The minimum Gasteiger partial charge on any atom is -0.344 e. The van der Waals surface area contributed by atoms with E-state index in [4.69, 9.17) is 0 Å². The van der Waals surface area contributed by atoms with Crippen LogP contribution in [-0.2, 0) is 6.42 Å². The molecule has 1 amide bonds. The van der Waals surface area contributed by atoms with Gasteiger partial charge in [0.2, 0.25) is 0 Å². The number of aromatic nitrogens is 2. The fourth-order valence-corrected chi connectivity index (χ4v) is 3.59. The van der Waals surface area contributed by atoms with Crippen molar-refractivity contribution in [2.75, 3.05) is 0 Å². The molecule has 1 aliphatic rings. The fourth-order valence-electron chi connectivity index (χ4n) is 3.59. The number of amides is 1. The van der Waals surface area contributed by atoms with Crippen LogP contribution in [0.1, 0.15) is 46.9 Å². The van der Waals surface area contributed by atoms with E-state index in [1.807, 2.05) is 12.1 Å². The second-order valence-electron chi connectivity index (χ2n) is 6.42. The maximum Gasteiger partial charge on any atom is 0.272 e. The number of carbonyl (C=O) groups is 1. The van der Waals surface area contributed by atoms with Gasteiger partial charge in [0.05, 0.1) is 11.4 Å². The highest BCUT2D eigenvalue weighted by Gasteiger charge is 2.22. The summed E-state index contributed by atoms with van der Waals surface area (Å²) in [6, 6.07) is 15.3.